The molecule has 2 bridgehead atoms. The van der Waals surface area contributed by atoms with Gasteiger partial charge >= 0.3 is 0 Å². The van der Waals surface area contributed by atoms with E-state index in [1.807, 2.05) is 12.1 Å². The maximum absolute atomic E-state index is 5.64. The second kappa shape index (κ2) is 5.66. The predicted molar refractivity (Wildman–Crippen MR) is 86.0 cm³/mol. The third-order valence-electron chi connectivity index (χ3n) is 4.72. The molecule has 1 aromatic rings. The van der Waals surface area contributed by atoms with Crippen molar-refractivity contribution in [2.45, 2.75) is 50.2 Å². The van der Waals surface area contributed by atoms with Gasteiger partial charge in [0.2, 0.25) is 0 Å². The molecule has 2 saturated heterocycles. The fraction of sp³-hybridized carbons (Fsp3) is 0.600. The summed E-state index contributed by atoms with van der Waals surface area (Å²) in [6.45, 7) is 0. The molecule has 2 unspecified atom stereocenters. The number of nitrogens with two attached hydrogens (primary N) is 1. The average molecular weight is 290 g/mol. The van der Waals surface area contributed by atoms with E-state index in [0.29, 0.717) is 16.7 Å². The van der Waals surface area contributed by atoms with E-state index in [2.05, 4.69) is 22.2 Å². The Balaban J connectivity index is 1.69. The van der Waals surface area contributed by atoms with Crippen LogP contribution in [0.4, 0.5) is 5.69 Å². The highest BCUT2D eigenvalue weighted by atomic mass is 32.1. The van der Waals surface area contributed by atoms with E-state index in [1.165, 1.54) is 32.1 Å². The number of anilines is 1. The first-order valence-corrected chi connectivity index (χ1v) is 7.78. The molecule has 2 aliphatic heterocycles. The number of nitrogens with zero attached hydrogens (tertiary/aromatic N) is 2. The maximum Gasteiger partial charge on any atom is 0.122 e. The first-order valence-electron chi connectivity index (χ1n) is 7.38. The van der Waals surface area contributed by atoms with E-state index in [4.69, 9.17) is 18.0 Å². The molecule has 3 heterocycles. The second-order valence-electron chi connectivity index (χ2n) is 6.01. The van der Waals surface area contributed by atoms with E-state index >= 15 is 0 Å². The van der Waals surface area contributed by atoms with Gasteiger partial charge < -0.3 is 16.0 Å². The predicted octanol–water partition coefficient (Wildman–Crippen LogP) is 2.14. The van der Waals surface area contributed by atoms with Crippen LogP contribution in [0.1, 0.15) is 37.8 Å². The minimum Gasteiger partial charge on any atom is -0.388 e. The average Bonchev–Trinajstić information content (AvgIpc) is 2.40. The van der Waals surface area contributed by atoms with Gasteiger partial charge in [0.1, 0.15) is 4.99 Å². The lowest BCUT2D eigenvalue weighted by Crippen LogP contribution is -2.52. The van der Waals surface area contributed by atoms with Crippen LogP contribution in [0.15, 0.2) is 18.3 Å². The molecule has 5 heteroatoms. The molecule has 0 saturated carbocycles. The summed E-state index contributed by atoms with van der Waals surface area (Å²) < 4.78 is 0. The molecule has 2 aliphatic rings. The number of thiocarbonyl (C=S) groups is 1. The van der Waals surface area contributed by atoms with Gasteiger partial charge in [0.15, 0.2) is 0 Å². The Bertz CT molecular complexity index is 490. The van der Waals surface area contributed by atoms with Crippen LogP contribution in [0.25, 0.3) is 0 Å². The standard InChI is InChI=1S/C15H22N4S/c1-19-12-3-2-4-13(19)8-11(7-12)18-10-5-6-17-14(9-10)15(16)20/h5-6,9,11-13H,2-4,7-8H2,1H3,(H2,16,20)(H,17,18). The molecule has 20 heavy (non-hydrogen) atoms. The van der Waals surface area contributed by atoms with Crippen LogP contribution in [-0.4, -0.2) is 40.0 Å². The van der Waals surface area contributed by atoms with Crippen molar-refractivity contribution < 1.29 is 0 Å². The molecule has 4 nitrogen and oxygen atoms in total. The summed E-state index contributed by atoms with van der Waals surface area (Å²) in [7, 11) is 2.28. The smallest absolute Gasteiger partial charge is 0.122 e. The molecule has 3 rings (SSSR count). The van der Waals surface area contributed by atoms with E-state index in [-0.39, 0.29) is 0 Å². The van der Waals surface area contributed by atoms with Crippen molar-refractivity contribution in [2.75, 3.05) is 12.4 Å². The summed E-state index contributed by atoms with van der Waals surface area (Å²) in [5.41, 5.74) is 7.42. The van der Waals surface area contributed by atoms with Gasteiger partial charge in [-0.15, -0.1) is 0 Å². The van der Waals surface area contributed by atoms with Crippen molar-refractivity contribution >= 4 is 22.9 Å². The van der Waals surface area contributed by atoms with E-state index < -0.39 is 0 Å². The van der Waals surface area contributed by atoms with E-state index in [9.17, 15) is 0 Å². The zero-order valence-electron chi connectivity index (χ0n) is 11.9. The van der Waals surface area contributed by atoms with Crippen molar-refractivity contribution in [3.63, 3.8) is 0 Å². The summed E-state index contributed by atoms with van der Waals surface area (Å²) in [6, 6.07) is 5.96. The van der Waals surface area contributed by atoms with Crippen molar-refractivity contribution in [3.8, 4) is 0 Å². The number of nitrogens with one attached hydrogen (secondary N) is 1. The monoisotopic (exact) mass is 290 g/mol. The molecule has 0 aromatic carbocycles. The molecular formula is C15H22N4S. The molecule has 1 aromatic heterocycles. The van der Waals surface area contributed by atoms with Gasteiger partial charge in [0.05, 0.1) is 5.69 Å². The number of pyridine rings is 1. The number of aromatic nitrogens is 1. The summed E-state index contributed by atoms with van der Waals surface area (Å²) in [5.74, 6) is 0. The fourth-order valence-corrected chi connectivity index (χ4v) is 3.74. The van der Waals surface area contributed by atoms with Crippen LogP contribution in [0.3, 0.4) is 0 Å². The molecular weight excluding hydrogens is 268 g/mol. The zero-order valence-corrected chi connectivity index (χ0v) is 12.7. The van der Waals surface area contributed by atoms with E-state index in [1.54, 1.807) is 6.20 Å². The molecule has 0 aliphatic carbocycles. The van der Waals surface area contributed by atoms with Crippen LogP contribution in [0, 0.1) is 0 Å². The quantitative estimate of drug-likeness (QED) is 0.835. The summed E-state index contributed by atoms with van der Waals surface area (Å²) in [4.78, 5) is 7.12. The molecule has 0 spiro atoms. The van der Waals surface area contributed by atoms with Crippen molar-refractivity contribution in [3.05, 3.63) is 24.0 Å². The molecule has 2 atom stereocenters. The van der Waals surface area contributed by atoms with Crippen molar-refractivity contribution in [2.24, 2.45) is 5.73 Å². The highest BCUT2D eigenvalue weighted by Gasteiger charge is 2.35. The zero-order chi connectivity index (χ0) is 14.1. The van der Waals surface area contributed by atoms with Gasteiger partial charge in [0, 0.05) is 30.0 Å². The number of hydrogen-bond donors (Lipinski definition) is 2. The van der Waals surface area contributed by atoms with E-state index in [0.717, 1.165) is 17.8 Å². The Morgan fingerprint density at radius 3 is 2.75 bits per heavy atom. The van der Waals surface area contributed by atoms with Crippen LogP contribution < -0.4 is 11.1 Å². The first kappa shape index (κ1) is 13.8. The van der Waals surface area contributed by atoms with Crippen molar-refractivity contribution in [1.29, 1.82) is 0 Å². The van der Waals surface area contributed by atoms with Gasteiger partial charge in [-0.3, -0.25) is 4.98 Å². The summed E-state index contributed by atoms with van der Waals surface area (Å²) in [6.07, 6.45) is 8.26. The number of piperidine rings is 2. The lowest BCUT2D eigenvalue weighted by molar-refractivity contribution is 0.0608. The number of rotatable bonds is 3. The lowest BCUT2D eigenvalue weighted by Gasteiger charge is -2.47. The first-order chi connectivity index (χ1) is 9.63. The highest BCUT2D eigenvalue weighted by molar-refractivity contribution is 7.80. The fourth-order valence-electron chi connectivity index (χ4n) is 3.62. The van der Waals surface area contributed by atoms with Crippen LogP contribution in [0.2, 0.25) is 0 Å². The molecule has 0 radical (unpaired) electrons. The number of fused-ring (bicyclic) bond motifs is 2. The van der Waals surface area contributed by atoms with Crippen molar-refractivity contribution in [1.82, 2.24) is 9.88 Å². The third kappa shape index (κ3) is 2.79. The topological polar surface area (TPSA) is 54.2 Å². The highest BCUT2D eigenvalue weighted by Crippen LogP contribution is 2.33. The number of hydrogen-bond acceptors (Lipinski definition) is 4. The minimum atomic E-state index is 0.355. The minimum absolute atomic E-state index is 0.355. The Kier molecular flexibility index (Phi) is 3.89. The van der Waals surface area contributed by atoms with Gasteiger partial charge in [0.25, 0.3) is 0 Å². The Morgan fingerprint density at radius 1 is 1.40 bits per heavy atom. The van der Waals surface area contributed by atoms with Crippen LogP contribution >= 0.6 is 12.2 Å². The Labute approximate surface area is 125 Å². The van der Waals surface area contributed by atoms with Gasteiger partial charge in [-0.05, 0) is 44.9 Å². The normalized spacial score (nSPS) is 29.9. The van der Waals surface area contributed by atoms with Crippen LogP contribution in [0.5, 0.6) is 0 Å². The SMILES string of the molecule is CN1C2CCCC1CC(Nc1ccnc(C(N)=S)c1)C2. The molecule has 108 valence electrons. The molecule has 2 fully saturated rings. The van der Waals surface area contributed by atoms with Crippen LogP contribution in [-0.2, 0) is 0 Å². The maximum atomic E-state index is 5.64. The molecule has 3 N–H and O–H groups in total. The Hall–Kier alpha value is -1.20. The van der Waals surface area contributed by atoms with Gasteiger partial charge in [-0.25, -0.2) is 0 Å². The Morgan fingerprint density at radius 2 is 2.10 bits per heavy atom. The third-order valence-corrected chi connectivity index (χ3v) is 4.93. The molecule has 0 amide bonds. The summed E-state index contributed by atoms with van der Waals surface area (Å²) >= 11 is 4.99. The summed E-state index contributed by atoms with van der Waals surface area (Å²) in [5, 5.41) is 3.64. The van der Waals surface area contributed by atoms with Gasteiger partial charge in [-0.1, -0.05) is 18.6 Å². The largest absolute Gasteiger partial charge is 0.388 e. The lowest BCUT2D eigenvalue weighted by atomic mass is 9.82. The second-order valence-corrected chi connectivity index (χ2v) is 6.45. The van der Waals surface area contributed by atoms with Gasteiger partial charge in [-0.2, -0.15) is 0 Å².